The smallest absolute Gasteiger partial charge is 0.197 e. The highest BCUT2D eigenvalue weighted by atomic mass is 19.1. The summed E-state index contributed by atoms with van der Waals surface area (Å²) in [4.78, 5) is 10.9. The van der Waals surface area contributed by atoms with E-state index in [9.17, 15) is 0 Å². The standard InChI is InChI=1S/C26H29FN6/c1-31-25(28)20-11-10-19(16-22(20)30-26(31)29)24-21(27)8-5-9-23(24)33-14-12-32(13-15-33)17-18-6-3-2-4-7-18/h2-11,16,25H,12-15,17,28H2,1H3,(H2,29,30). The van der Waals surface area contributed by atoms with E-state index in [-0.39, 0.29) is 12.0 Å². The lowest BCUT2D eigenvalue weighted by atomic mass is 9.97. The molecule has 0 aliphatic carbocycles. The Kier molecular flexibility index (Phi) is 5.74. The van der Waals surface area contributed by atoms with Gasteiger partial charge in [0.25, 0.3) is 0 Å². The minimum Gasteiger partial charge on any atom is -0.369 e. The fourth-order valence-corrected chi connectivity index (χ4v) is 4.65. The summed E-state index contributed by atoms with van der Waals surface area (Å²) in [7, 11) is 1.81. The number of halogens is 1. The average Bonchev–Trinajstić information content (AvgIpc) is 2.83. The molecule has 33 heavy (non-hydrogen) atoms. The van der Waals surface area contributed by atoms with Crippen LogP contribution in [0.3, 0.4) is 0 Å². The highest BCUT2D eigenvalue weighted by Gasteiger charge is 2.25. The molecule has 5 rings (SSSR count). The van der Waals surface area contributed by atoms with Gasteiger partial charge in [-0.15, -0.1) is 0 Å². The van der Waals surface area contributed by atoms with Crippen LogP contribution in [0.4, 0.5) is 15.8 Å². The lowest BCUT2D eigenvalue weighted by Crippen LogP contribution is -2.46. The van der Waals surface area contributed by atoms with Crippen LogP contribution in [0.5, 0.6) is 0 Å². The summed E-state index contributed by atoms with van der Waals surface area (Å²) in [6.07, 6.45) is -0.371. The first-order chi connectivity index (χ1) is 16.0. The van der Waals surface area contributed by atoms with Crippen LogP contribution in [0.1, 0.15) is 17.3 Å². The van der Waals surface area contributed by atoms with Crippen LogP contribution in [-0.2, 0) is 6.54 Å². The Morgan fingerprint density at radius 3 is 2.48 bits per heavy atom. The second-order valence-electron chi connectivity index (χ2n) is 8.68. The Hall–Kier alpha value is -3.42. The molecule has 0 spiro atoms. The highest BCUT2D eigenvalue weighted by molar-refractivity contribution is 5.87. The Morgan fingerprint density at radius 1 is 0.970 bits per heavy atom. The topological polar surface area (TPSA) is 74.1 Å². The van der Waals surface area contributed by atoms with Gasteiger partial charge in [-0.2, -0.15) is 0 Å². The van der Waals surface area contributed by atoms with E-state index in [1.165, 1.54) is 11.6 Å². The molecular formula is C26H29FN6. The molecule has 6 nitrogen and oxygen atoms in total. The SMILES string of the molecule is CN1C(N)=Nc2cc(-c3c(F)cccc3N3CCN(Cc4ccccc4)CC3)ccc2C1N. The van der Waals surface area contributed by atoms with Gasteiger partial charge in [-0.3, -0.25) is 4.90 Å². The Morgan fingerprint density at radius 2 is 1.73 bits per heavy atom. The number of nitrogens with two attached hydrogens (primary N) is 2. The number of benzene rings is 3. The van der Waals surface area contributed by atoms with Crippen molar-refractivity contribution in [3.63, 3.8) is 0 Å². The van der Waals surface area contributed by atoms with Crippen LogP contribution in [0.25, 0.3) is 11.1 Å². The molecule has 2 aliphatic heterocycles. The second-order valence-corrected chi connectivity index (χ2v) is 8.68. The molecule has 7 heteroatoms. The summed E-state index contributed by atoms with van der Waals surface area (Å²) in [5.41, 5.74) is 17.5. The molecule has 2 aliphatic rings. The Labute approximate surface area is 193 Å². The summed E-state index contributed by atoms with van der Waals surface area (Å²) in [5.74, 6) is 0.115. The summed E-state index contributed by atoms with van der Waals surface area (Å²) in [5, 5.41) is 0. The van der Waals surface area contributed by atoms with Gasteiger partial charge in [0.2, 0.25) is 0 Å². The van der Waals surface area contributed by atoms with E-state index < -0.39 is 0 Å². The average molecular weight is 445 g/mol. The molecule has 0 aromatic heterocycles. The second kappa shape index (κ2) is 8.84. The van der Waals surface area contributed by atoms with Crippen LogP contribution >= 0.6 is 0 Å². The molecule has 0 saturated carbocycles. The van der Waals surface area contributed by atoms with E-state index >= 15 is 4.39 Å². The van der Waals surface area contributed by atoms with E-state index in [2.05, 4.69) is 39.1 Å². The molecule has 1 atom stereocenters. The fourth-order valence-electron chi connectivity index (χ4n) is 4.65. The third kappa shape index (κ3) is 4.17. The van der Waals surface area contributed by atoms with E-state index in [1.54, 1.807) is 11.0 Å². The van der Waals surface area contributed by atoms with E-state index in [0.29, 0.717) is 17.2 Å². The zero-order valence-electron chi connectivity index (χ0n) is 18.8. The molecule has 3 aromatic rings. The lowest BCUT2D eigenvalue weighted by Gasteiger charge is -2.37. The number of hydrogen-bond donors (Lipinski definition) is 2. The first kappa shape index (κ1) is 21.4. The third-order valence-corrected chi connectivity index (χ3v) is 6.60. The maximum absolute atomic E-state index is 15.2. The van der Waals surface area contributed by atoms with Gasteiger partial charge in [0.15, 0.2) is 5.96 Å². The largest absolute Gasteiger partial charge is 0.369 e. The predicted molar refractivity (Wildman–Crippen MR) is 132 cm³/mol. The van der Waals surface area contributed by atoms with Crippen LogP contribution in [0, 0.1) is 5.82 Å². The monoisotopic (exact) mass is 444 g/mol. The minimum absolute atomic E-state index is 0.242. The van der Waals surface area contributed by atoms with Crippen molar-refractivity contribution < 1.29 is 4.39 Å². The third-order valence-electron chi connectivity index (χ3n) is 6.60. The van der Waals surface area contributed by atoms with Gasteiger partial charge in [0.1, 0.15) is 12.0 Å². The molecule has 4 N–H and O–H groups in total. The molecule has 0 bridgehead atoms. The quantitative estimate of drug-likeness (QED) is 0.642. The van der Waals surface area contributed by atoms with Crippen molar-refractivity contribution in [1.29, 1.82) is 0 Å². The normalized spacial score (nSPS) is 18.8. The molecule has 1 unspecified atom stereocenters. The number of anilines is 1. The predicted octanol–water partition coefficient (Wildman–Crippen LogP) is 3.66. The number of aliphatic imine (C=N–C) groups is 1. The van der Waals surface area contributed by atoms with Crippen molar-refractivity contribution in [3.05, 3.63) is 83.7 Å². The van der Waals surface area contributed by atoms with Crippen molar-refractivity contribution in [2.75, 3.05) is 38.1 Å². The lowest BCUT2D eigenvalue weighted by molar-refractivity contribution is 0.250. The number of fused-ring (bicyclic) bond motifs is 1. The van der Waals surface area contributed by atoms with E-state index in [4.69, 9.17) is 11.5 Å². The molecular weight excluding hydrogens is 415 g/mol. The molecule has 0 amide bonds. The van der Waals surface area contributed by atoms with Gasteiger partial charge < -0.3 is 21.3 Å². The maximum Gasteiger partial charge on any atom is 0.197 e. The molecule has 170 valence electrons. The summed E-state index contributed by atoms with van der Waals surface area (Å²) >= 11 is 0. The van der Waals surface area contributed by atoms with E-state index in [1.807, 2.05) is 37.4 Å². The zero-order chi connectivity index (χ0) is 22.9. The van der Waals surface area contributed by atoms with Gasteiger partial charge in [-0.25, -0.2) is 9.38 Å². The number of guanidine groups is 1. The molecule has 2 heterocycles. The number of hydrogen-bond acceptors (Lipinski definition) is 6. The summed E-state index contributed by atoms with van der Waals surface area (Å²) in [6.45, 7) is 4.47. The van der Waals surface area contributed by atoms with Crippen molar-refractivity contribution in [3.8, 4) is 11.1 Å². The van der Waals surface area contributed by atoms with Crippen LogP contribution in [0.15, 0.2) is 71.7 Å². The first-order valence-electron chi connectivity index (χ1n) is 11.3. The molecule has 0 radical (unpaired) electrons. The van der Waals surface area contributed by atoms with Gasteiger partial charge in [-0.1, -0.05) is 48.5 Å². The van der Waals surface area contributed by atoms with Crippen molar-refractivity contribution >= 4 is 17.3 Å². The fraction of sp³-hybridized carbons (Fsp3) is 0.269. The van der Waals surface area contributed by atoms with Crippen molar-refractivity contribution in [2.24, 2.45) is 16.5 Å². The van der Waals surface area contributed by atoms with Gasteiger partial charge in [0, 0.05) is 56.6 Å². The molecule has 1 fully saturated rings. The van der Waals surface area contributed by atoms with Gasteiger partial charge >= 0.3 is 0 Å². The molecule has 3 aromatic carbocycles. The number of piperazine rings is 1. The highest BCUT2D eigenvalue weighted by Crippen LogP contribution is 2.39. The van der Waals surface area contributed by atoms with Crippen molar-refractivity contribution in [1.82, 2.24) is 9.80 Å². The number of rotatable bonds is 4. The zero-order valence-corrected chi connectivity index (χ0v) is 18.8. The summed E-state index contributed by atoms with van der Waals surface area (Å²) < 4.78 is 15.2. The Balaban J connectivity index is 1.40. The van der Waals surface area contributed by atoms with Crippen LogP contribution in [0.2, 0.25) is 0 Å². The first-order valence-corrected chi connectivity index (χ1v) is 11.3. The van der Waals surface area contributed by atoms with Crippen LogP contribution < -0.4 is 16.4 Å². The number of nitrogens with zero attached hydrogens (tertiary/aromatic N) is 4. The molecule has 1 saturated heterocycles. The van der Waals surface area contributed by atoms with Gasteiger partial charge in [0.05, 0.1) is 5.69 Å². The van der Waals surface area contributed by atoms with Crippen molar-refractivity contribution in [2.45, 2.75) is 12.7 Å². The minimum atomic E-state index is -0.371. The summed E-state index contributed by atoms with van der Waals surface area (Å²) in [6, 6.07) is 21.6. The van der Waals surface area contributed by atoms with Gasteiger partial charge in [-0.05, 0) is 29.3 Å². The Bertz CT molecular complexity index is 1170. The van der Waals surface area contributed by atoms with Crippen LogP contribution in [-0.4, -0.2) is 49.0 Å². The maximum atomic E-state index is 15.2. The van der Waals surface area contributed by atoms with E-state index in [0.717, 1.165) is 49.5 Å².